The van der Waals surface area contributed by atoms with Crippen molar-refractivity contribution in [3.05, 3.63) is 75.7 Å². The predicted molar refractivity (Wildman–Crippen MR) is 128 cm³/mol. The third kappa shape index (κ3) is 4.13. The average molecular weight is 470 g/mol. The van der Waals surface area contributed by atoms with E-state index in [1.165, 1.54) is 11.8 Å². The van der Waals surface area contributed by atoms with Crippen LogP contribution in [0, 0.1) is 6.92 Å². The molecule has 0 spiro atoms. The van der Waals surface area contributed by atoms with Gasteiger partial charge in [0.1, 0.15) is 5.69 Å². The van der Waals surface area contributed by atoms with Gasteiger partial charge in [-0.15, -0.1) is 10.2 Å². The van der Waals surface area contributed by atoms with Crippen molar-refractivity contribution in [3.63, 3.8) is 0 Å². The SMILES string of the molecule is CCOCCSc1nnc(-c2ccccc2Cl)n1-c1c(C)n(C)n(-c2ccccc2)c1=O. The van der Waals surface area contributed by atoms with Gasteiger partial charge >= 0.3 is 0 Å². The Morgan fingerprint density at radius 1 is 1.06 bits per heavy atom. The van der Waals surface area contributed by atoms with Crippen LogP contribution >= 0.6 is 23.4 Å². The highest BCUT2D eigenvalue weighted by Gasteiger charge is 2.25. The number of rotatable bonds is 8. The van der Waals surface area contributed by atoms with Crippen LogP contribution in [0.5, 0.6) is 0 Å². The molecule has 0 saturated carbocycles. The molecule has 0 aliphatic carbocycles. The lowest BCUT2D eigenvalue weighted by atomic mass is 10.2. The zero-order chi connectivity index (χ0) is 22.7. The monoisotopic (exact) mass is 469 g/mol. The Morgan fingerprint density at radius 2 is 1.78 bits per heavy atom. The van der Waals surface area contributed by atoms with Crippen LogP contribution < -0.4 is 5.56 Å². The summed E-state index contributed by atoms with van der Waals surface area (Å²) in [4.78, 5) is 13.7. The molecule has 166 valence electrons. The molecule has 0 saturated heterocycles. The van der Waals surface area contributed by atoms with Crippen molar-refractivity contribution in [3.8, 4) is 22.8 Å². The molecule has 0 unspecified atom stereocenters. The lowest BCUT2D eigenvalue weighted by molar-refractivity contribution is 0.164. The molecule has 2 heterocycles. The molecule has 0 N–H and O–H groups in total. The molecule has 2 aromatic heterocycles. The number of hydrogen-bond donors (Lipinski definition) is 0. The van der Waals surface area contributed by atoms with Gasteiger partial charge < -0.3 is 4.74 Å². The molecule has 9 heteroatoms. The minimum absolute atomic E-state index is 0.157. The van der Waals surface area contributed by atoms with Gasteiger partial charge in [-0.25, -0.2) is 4.68 Å². The van der Waals surface area contributed by atoms with Crippen LogP contribution in [0.25, 0.3) is 22.8 Å². The van der Waals surface area contributed by atoms with Crippen LogP contribution in [0.3, 0.4) is 0 Å². The summed E-state index contributed by atoms with van der Waals surface area (Å²) >= 11 is 7.98. The molecule has 0 aliphatic rings. The van der Waals surface area contributed by atoms with Crippen LogP contribution in [0.15, 0.2) is 64.5 Å². The highest BCUT2D eigenvalue weighted by Crippen LogP contribution is 2.32. The zero-order valence-corrected chi connectivity index (χ0v) is 19.7. The third-order valence-electron chi connectivity index (χ3n) is 5.16. The molecule has 0 bridgehead atoms. The fourth-order valence-corrected chi connectivity index (χ4v) is 4.54. The maximum absolute atomic E-state index is 13.7. The van der Waals surface area contributed by atoms with E-state index in [4.69, 9.17) is 16.3 Å². The summed E-state index contributed by atoms with van der Waals surface area (Å²) < 4.78 is 10.8. The van der Waals surface area contributed by atoms with E-state index in [1.54, 1.807) is 10.7 Å². The summed E-state index contributed by atoms with van der Waals surface area (Å²) in [5.41, 5.74) is 2.63. The topological polar surface area (TPSA) is 66.9 Å². The van der Waals surface area contributed by atoms with Gasteiger partial charge in [-0.3, -0.25) is 14.0 Å². The van der Waals surface area contributed by atoms with Gasteiger partial charge in [-0.05, 0) is 38.1 Å². The summed E-state index contributed by atoms with van der Waals surface area (Å²) in [5.74, 6) is 1.22. The van der Waals surface area contributed by atoms with Crippen molar-refractivity contribution >= 4 is 23.4 Å². The van der Waals surface area contributed by atoms with Crippen LogP contribution in [-0.2, 0) is 11.8 Å². The summed E-state index contributed by atoms with van der Waals surface area (Å²) in [6, 6.07) is 17.0. The molecule has 0 fully saturated rings. The van der Waals surface area contributed by atoms with Crippen molar-refractivity contribution in [2.24, 2.45) is 7.05 Å². The van der Waals surface area contributed by atoms with Crippen molar-refractivity contribution in [2.75, 3.05) is 19.0 Å². The largest absolute Gasteiger partial charge is 0.381 e. The van der Waals surface area contributed by atoms with Gasteiger partial charge in [0.2, 0.25) is 0 Å². The second-order valence-electron chi connectivity index (χ2n) is 7.08. The lowest BCUT2D eigenvalue weighted by Crippen LogP contribution is -2.22. The van der Waals surface area contributed by atoms with Crippen LogP contribution in [0.4, 0.5) is 0 Å². The van der Waals surface area contributed by atoms with Crippen molar-refractivity contribution in [2.45, 2.75) is 19.0 Å². The Morgan fingerprint density at radius 3 is 2.50 bits per heavy atom. The Bertz CT molecular complexity index is 1280. The van der Waals surface area contributed by atoms with Crippen LogP contribution in [0.1, 0.15) is 12.6 Å². The van der Waals surface area contributed by atoms with Gasteiger partial charge in [0.05, 0.1) is 23.0 Å². The minimum atomic E-state index is -0.157. The first-order valence-corrected chi connectivity index (χ1v) is 11.7. The number of aromatic nitrogens is 5. The summed E-state index contributed by atoms with van der Waals surface area (Å²) in [6.07, 6.45) is 0. The lowest BCUT2D eigenvalue weighted by Gasteiger charge is -2.10. The Labute approximate surface area is 195 Å². The van der Waals surface area contributed by atoms with Gasteiger partial charge in [0.15, 0.2) is 11.0 Å². The van der Waals surface area contributed by atoms with E-state index in [2.05, 4.69) is 10.2 Å². The molecule has 0 atom stereocenters. The van der Waals surface area contributed by atoms with E-state index in [-0.39, 0.29) is 5.56 Å². The third-order valence-corrected chi connectivity index (χ3v) is 6.38. The van der Waals surface area contributed by atoms with E-state index >= 15 is 0 Å². The number of benzene rings is 2. The van der Waals surface area contributed by atoms with E-state index in [0.29, 0.717) is 46.2 Å². The summed E-state index contributed by atoms with van der Waals surface area (Å²) in [5, 5.41) is 9.99. The highest BCUT2D eigenvalue weighted by atomic mass is 35.5. The summed E-state index contributed by atoms with van der Waals surface area (Å²) in [7, 11) is 1.87. The first-order chi connectivity index (χ1) is 15.5. The number of thioether (sulfide) groups is 1. The summed E-state index contributed by atoms with van der Waals surface area (Å²) in [6.45, 7) is 5.11. The van der Waals surface area contributed by atoms with E-state index < -0.39 is 0 Å². The molecule has 4 aromatic rings. The predicted octanol–water partition coefficient (Wildman–Crippen LogP) is 4.51. The molecule has 32 heavy (non-hydrogen) atoms. The first kappa shape index (κ1) is 22.4. The fraction of sp³-hybridized carbons (Fsp3) is 0.261. The number of halogens is 1. The fourth-order valence-electron chi connectivity index (χ4n) is 3.53. The average Bonchev–Trinajstić information content (AvgIpc) is 3.30. The highest BCUT2D eigenvalue weighted by molar-refractivity contribution is 7.99. The van der Waals surface area contributed by atoms with Crippen molar-refractivity contribution in [1.82, 2.24) is 24.1 Å². The number of para-hydroxylation sites is 1. The Balaban J connectivity index is 1.92. The molecular formula is C23H24ClN5O2S. The molecule has 0 aliphatic heterocycles. The Hall–Kier alpha value is -2.81. The van der Waals surface area contributed by atoms with E-state index in [1.807, 2.05) is 78.7 Å². The van der Waals surface area contributed by atoms with Gasteiger partial charge in [-0.1, -0.05) is 53.7 Å². The smallest absolute Gasteiger partial charge is 0.296 e. The number of nitrogens with zero attached hydrogens (tertiary/aromatic N) is 5. The number of hydrogen-bond acceptors (Lipinski definition) is 5. The molecule has 0 amide bonds. The standard InChI is InChI=1S/C23H24ClN5O2S/c1-4-31-14-15-32-23-26-25-21(18-12-8-9-13-19(18)24)28(23)20-16(2)27(3)29(22(20)30)17-10-6-5-7-11-17/h5-13H,4,14-15H2,1-3H3. The molecule has 2 aromatic carbocycles. The van der Waals surface area contributed by atoms with Gasteiger partial charge in [0, 0.05) is 25.0 Å². The first-order valence-electron chi connectivity index (χ1n) is 10.3. The maximum Gasteiger partial charge on any atom is 0.296 e. The second kappa shape index (κ2) is 9.77. The molecule has 0 radical (unpaired) electrons. The van der Waals surface area contributed by atoms with Gasteiger partial charge in [-0.2, -0.15) is 0 Å². The van der Waals surface area contributed by atoms with Gasteiger partial charge in [0.25, 0.3) is 5.56 Å². The van der Waals surface area contributed by atoms with Crippen LogP contribution in [-0.4, -0.2) is 43.1 Å². The molecule has 4 rings (SSSR count). The van der Waals surface area contributed by atoms with Crippen LogP contribution in [0.2, 0.25) is 5.02 Å². The quantitative estimate of drug-likeness (QED) is 0.280. The minimum Gasteiger partial charge on any atom is -0.381 e. The van der Waals surface area contributed by atoms with E-state index in [0.717, 1.165) is 11.4 Å². The molecule has 7 nitrogen and oxygen atoms in total. The maximum atomic E-state index is 13.7. The number of ether oxygens (including phenoxy) is 1. The normalized spacial score (nSPS) is 11.2. The van der Waals surface area contributed by atoms with Crippen molar-refractivity contribution < 1.29 is 4.74 Å². The Kier molecular flexibility index (Phi) is 6.83. The van der Waals surface area contributed by atoms with Crippen molar-refractivity contribution in [1.29, 1.82) is 0 Å². The molecular weight excluding hydrogens is 446 g/mol. The zero-order valence-electron chi connectivity index (χ0n) is 18.2. The van der Waals surface area contributed by atoms with E-state index in [9.17, 15) is 4.79 Å². The second-order valence-corrected chi connectivity index (χ2v) is 8.55.